The minimum Gasteiger partial charge on any atom is -0.487 e. The molecule has 0 atom stereocenters. The van der Waals surface area contributed by atoms with Gasteiger partial charge in [-0.3, -0.25) is 0 Å². The first-order chi connectivity index (χ1) is 9.24. The number of rotatable bonds is 3. The van der Waals surface area contributed by atoms with Gasteiger partial charge in [0.15, 0.2) is 0 Å². The van der Waals surface area contributed by atoms with Crippen LogP contribution in [0.5, 0.6) is 5.75 Å². The molecule has 0 aliphatic rings. The van der Waals surface area contributed by atoms with Crippen molar-refractivity contribution in [2.45, 2.75) is 6.61 Å². The summed E-state index contributed by atoms with van der Waals surface area (Å²) >= 11 is 5.90. The predicted molar refractivity (Wildman–Crippen MR) is 69.5 cm³/mol. The first kappa shape index (κ1) is 12.9. The van der Waals surface area contributed by atoms with E-state index in [1.54, 1.807) is 36.5 Å². The molecule has 0 fully saturated rings. The van der Waals surface area contributed by atoms with Crippen molar-refractivity contribution < 1.29 is 4.74 Å². The highest BCUT2D eigenvalue weighted by Gasteiger charge is 2.07. The quantitative estimate of drug-likeness (QED) is 0.859. The highest BCUT2D eigenvalue weighted by Crippen LogP contribution is 2.26. The monoisotopic (exact) mass is 269 g/mol. The van der Waals surface area contributed by atoms with E-state index in [9.17, 15) is 0 Å². The van der Waals surface area contributed by atoms with Crippen LogP contribution in [0.4, 0.5) is 0 Å². The van der Waals surface area contributed by atoms with Gasteiger partial charge in [-0.05, 0) is 29.8 Å². The minimum atomic E-state index is 0.242. The van der Waals surface area contributed by atoms with Crippen LogP contribution in [0.2, 0.25) is 5.02 Å². The zero-order valence-electron chi connectivity index (χ0n) is 9.80. The average molecular weight is 270 g/mol. The molecule has 2 rings (SSSR count). The maximum atomic E-state index is 9.01. The lowest BCUT2D eigenvalue weighted by Crippen LogP contribution is -1.98. The Kier molecular flexibility index (Phi) is 3.97. The third kappa shape index (κ3) is 3.01. The summed E-state index contributed by atoms with van der Waals surface area (Å²) in [6.07, 6.45) is 1.54. The van der Waals surface area contributed by atoms with Crippen LogP contribution in [0, 0.1) is 22.7 Å². The number of aromatic nitrogens is 1. The van der Waals surface area contributed by atoms with Crippen LogP contribution < -0.4 is 4.74 Å². The highest BCUT2D eigenvalue weighted by atomic mass is 35.5. The molecule has 0 radical (unpaired) electrons. The number of nitriles is 2. The summed E-state index contributed by atoms with van der Waals surface area (Å²) in [4.78, 5) is 3.87. The lowest BCUT2D eigenvalue weighted by atomic mass is 10.2. The Morgan fingerprint density at radius 1 is 1.21 bits per heavy atom. The third-order valence-corrected chi connectivity index (χ3v) is 2.74. The van der Waals surface area contributed by atoms with Crippen molar-refractivity contribution in [2.75, 3.05) is 0 Å². The van der Waals surface area contributed by atoms with E-state index < -0.39 is 0 Å². The van der Waals surface area contributed by atoms with Gasteiger partial charge >= 0.3 is 0 Å². The number of hydrogen-bond acceptors (Lipinski definition) is 4. The number of hydrogen-bond donors (Lipinski definition) is 0. The van der Waals surface area contributed by atoms with Crippen LogP contribution in [-0.2, 0) is 6.61 Å². The largest absolute Gasteiger partial charge is 0.487 e. The van der Waals surface area contributed by atoms with Gasteiger partial charge in [0.05, 0.1) is 5.02 Å². The molecule has 0 bridgehead atoms. The molecule has 0 aliphatic heterocycles. The second-order valence-electron chi connectivity index (χ2n) is 3.67. The normalized spacial score (nSPS) is 9.42. The van der Waals surface area contributed by atoms with Gasteiger partial charge in [-0.25, -0.2) is 4.98 Å². The number of nitrogens with zero attached hydrogens (tertiary/aromatic N) is 3. The second-order valence-corrected chi connectivity index (χ2v) is 4.08. The molecule has 0 unspecified atom stereocenters. The molecule has 0 aliphatic carbocycles. The van der Waals surface area contributed by atoms with Crippen LogP contribution in [0.25, 0.3) is 0 Å². The predicted octanol–water partition coefficient (Wildman–Crippen LogP) is 3.06. The third-order valence-electron chi connectivity index (χ3n) is 2.42. The minimum absolute atomic E-state index is 0.242. The lowest BCUT2D eigenvalue weighted by Gasteiger charge is -2.08. The Morgan fingerprint density at radius 3 is 2.79 bits per heavy atom. The fourth-order valence-corrected chi connectivity index (χ4v) is 1.73. The zero-order chi connectivity index (χ0) is 13.7. The van der Waals surface area contributed by atoms with Gasteiger partial charge in [0.1, 0.15) is 35.8 Å². The summed E-state index contributed by atoms with van der Waals surface area (Å²) in [6, 6.07) is 12.4. The molecule has 0 amide bonds. The van der Waals surface area contributed by atoms with Crippen molar-refractivity contribution in [1.82, 2.24) is 4.98 Å². The van der Waals surface area contributed by atoms with Crippen molar-refractivity contribution in [3.8, 4) is 17.9 Å². The second kappa shape index (κ2) is 5.86. The van der Waals surface area contributed by atoms with E-state index in [1.807, 2.05) is 12.1 Å². The summed E-state index contributed by atoms with van der Waals surface area (Å²) < 4.78 is 5.55. The Hall–Kier alpha value is -2.56. The molecule has 1 heterocycles. The van der Waals surface area contributed by atoms with E-state index >= 15 is 0 Å². The number of halogens is 1. The fraction of sp³-hybridized carbons (Fsp3) is 0.0714. The summed E-state index contributed by atoms with van der Waals surface area (Å²) in [5.41, 5.74) is 1.43. The molecular formula is C14H8ClN3O. The fourth-order valence-electron chi connectivity index (χ4n) is 1.52. The van der Waals surface area contributed by atoms with Gasteiger partial charge < -0.3 is 4.74 Å². The Balaban J connectivity index is 2.18. The maximum absolute atomic E-state index is 9.01. The summed E-state index contributed by atoms with van der Waals surface area (Å²) in [6.45, 7) is 0.242. The van der Waals surface area contributed by atoms with Crippen molar-refractivity contribution in [3.05, 3.63) is 58.4 Å². The molecule has 0 saturated heterocycles. The molecule has 1 aromatic carbocycles. The van der Waals surface area contributed by atoms with Gasteiger partial charge in [-0.1, -0.05) is 17.7 Å². The zero-order valence-corrected chi connectivity index (χ0v) is 10.6. The topological polar surface area (TPSA) is 69.7 Å². The smallest absolute Gasteiger partial charge is 0.140 e. The van der Waals surface area contributed by atoms with E-state index in [0.717, 1.165) is 5.56 Å². The molecule has 1 aromatic heterocycles. The van der Waals surface area contributed by atoms with E-state index in [-0.39, 0.29) is 6.61 Å². The van der Waals surface area contributed by atoms with Crippen LogP contribution in [-0.4, -0.2) is 4.98 Å². The van der Waals surface area contributed by atoms with Crippen LogP contribution in [0.1, 0.15) is 16.8 Å². The van der Waals surface area contributed by atoms with E-state index in [2.05, 4.69) is 4.98 Å². The molecular weight excluding hydrogens is 262 g/mol. The molecule has 19 heavy (non-hydrogen) atoms. The summed E-state index contributed by atoms with van der Waals surface area (Å²) in [5, 5.41) is 18.1. The van der Waals surface area contributed by atoms with Crippen LogP contribution in [0.3, 0.4) is 0 Å². The van der Waals surface area contributed by atoms with Crippen molar-refractivity contribution in [3.63, 3.8) is 0 Å². The molecule has 2 aromatic rings. The van der Waals surface area contributed by atoms with Gasteiger partial charge in [0, 0.05) is 6.20 Å². The Bertz CT molecular complexity index is 686. The van der Waals surface area contributed by atoms with Crippen LogP contribution >= 0.6 is 11.6 Å². The maximum Gasteiger partial charge on any atom is 0.140 e. The molecule has 92 valence electrons. The number of ether oxygens (including phenoxy) is 1. The summed E-state index contributed by atoms with van der Waals surface area (Å²) in [7, 11) is 0. The molecule has 0 saturated carbocycles. The van der Waals surface area contributed by atoms with Crippen molar-refractivity contribution in [2.24, 2.45) is 0 Å². The van der Waals surface area contributed by atoms with Gasteiger partial charge in [-0.2, -0.15) is 10.5 Å². The van der Waals surface area contributed by atoms with Crippen LogP contribution in [0.15, 0.2) is 36.5 Å². The SMILES string of the molecule is N#Cc1cc(COc2cccc(Cl)c2C#N)ccn1. The van der Waals surface area contributed by atoms with Gasteiger partial charge in [0.25, 0.3) is 0 Å². The molecule has 0 N–H and O–H groups in total. The van der Waals surface area contributed by atoms with E-state index in [1.165, 1.54) is 0 Å². The molecule has 0 spiro atoms. The Labute approximate surface area is 115 Å². The molecule has 5 heteroatoms. The van der Waals surface area contributed by atoms with Gasteiger partial charge in [-0.15, -0.1) is 0 Å². The van der Waals surface area contributed by atoms with Gasteiger partial charge in [0.2, 0.25) is 0 Å². The highest BCUT2D eigenvalue weighted by molar-refractivity contribution is 6.31. The average Bonchev–Trinajstić information content (AvgIpc) is 2.45. The van der Waals surface area contributed by atoms with E-state index in [4.69, 9.17) is 26.9 Å². The number of pyridine rings is 1. The summed E-state index contributed by atoms with van der Waals surface area (Å²) in [5.74, 6) is 0.422. The lowest BCUT2D eigenvalue weighted by molar-refractivity contribution is 0.305. The Morgan fingerprint density at radius 2 is 2.05 bits per heavy atom. The van der Waals surface area contributed by atoms with Crippen molar-refractivity contribution in [1.29, 1.82) is 10.5 Å². The first-order valence-electron chi connectivity index (χ1n) is 5.41. The standard InChI is InChI=1S/C14H8ClN3O/c15-13-2-1-3-14(12(13)8-17)19-9-10-4-5-18-11(6-10)7-16/h1-6H,9H2. The first-order valence-corrected chi connectivity index (χ1v) is 5.79. The molecule has 4 nitrogen and oxygen atoms in total. The number of benzene rings is 1. The van der Waals surface area contributed by atoms with Crippen molar-refractivity contribution >= 4 is 11.6 Å². The van der Waals surface area contributed by atoms with E-state index in [0.29, 0.717) is 22.0 Å².